The van der Waals surface area contributed by atoms with E-state index in [0.29, 0.717) is 16.6 Å². The van der Waals surface area contributed by atoms with E-state index >= 15 is 0 Å². The minimum absolute atomic E-state index is 0.140. The van der Waals surface area contributed by atoms with Gasteiger partial charge in [0.2, 0.25) is 11.7 Å². The molecule has 3 rings (SSSR count). The molecule has 0 fully saturated rings. The fraction of sp³-hybridized carbons (Fsp3) is 0.227. The molecular formula is C22H23Cl2N7O3. The van der Waals surface area contributed by atoms with Crippen LogP contribution in [-0.4, -0.2) is 26.5 Å². The normalized spacial score (nSPS) is 10.5. The standard InChI is InChI=1S/C22H23Cl2N7O3/c1-13-3-5-16(14(2)28-13)11-26-19(32)12-31-8-7-25-20(21(31)33)29-30-22(34)27-10-15-4-6-17(23)18(24)9-15/h3-9H,10-12H2,1-2H3,(H,25,29)(H,26,32)(H2,27,30,34). The average Bonchev–Trinajstić information content (AvgIpc) is 2.80. The number of hydrogen-bond acceptors (Lipinski definition) is 6. The number of halogens is 2. The van der Waals surface area contributed by atoms with E-state index in [1.165, 1.54) is 17.0 Å². The number of aromatic nitrogens is 3. The van der Waals surface area contributed by atoms with Crippen LogP contribution >= 0.6 is 23.2 Å². The van der Waals surface area contributed by atoms with Crippen molar-refractivity contribution in [3.63, 3.8) is 0 Å². The molecular weight excluding hydrogens is 481 g/mol. The molecule has 12 heteroatoms. The molecule has 10 nitrogen and oxygen atoms in total. The molecule has 178 valence electrons. The predicted octanol–water partition coefficient (Wildman–Crippen LogP) is 2.70. The van der Waals surface area contributed by atoms with Crippen molar-refractivity contribution >= 4 is 41.0 Å². The molecule has 4 N–H and O–H groups in total. The minimum Gasteiger partial charge on any atom is -0.350 e. The van der Waals surface area contributed by atoms with Gasteiger partial charge in [0.15, 0.2) is 0 Å². The fourth-order valence-corrected chi connectivity index (χ4v) is 3.28. The molecule has 0 unspecified atom stereocenters. The molecule has 0 aliphatic rings. The van der Waals surface area contributed by atoms with Crippen LogP contribution in [0.1, 0.15) is 22.5 Å². The number of aryl methyl sites for hydroxylation is 2. The summed E-state index contributed by atoms with van der Waals surface area (Å²) in [5, 5.41) is 6.16. The highest BCUT2D eigenvalue weighted by molar-refractivity contribution is 6.42. The van der Waals surface area contributed by atoms with Crippen molar-refractivity contribution in [3.8, 4) is 0 Å². The SMILES string of the molecule is Cc1ccc(CNC(=O)Cn2ccnc(NNC(=O)NCc3ccc(Cl)c(Cl)c3)c2=O)c(C)n1. The lowest BCUT2D eigenvalue weighted by molar-refractivity contribution is -0.121. The van der Waals surface area contributed by atoms with Gasteiger partial charge in [-0.05, 0) is 43.2 Å². The van der Waals surface area contributed by atoms with Gasteiger partial charge in [0.1, 0.15) is 6.54 Å². The fourth-order valence-electron chi connectivity index (χ4n) is 2.96. The molecule has 3 aromatic rings. The zero-order valence-corrected chi connectivity index (χ0v) is 20.0. The Kier molecular flexibility index (Phi) is 8.44. The second-order valence-electron chi connectivity index (χ2n) is 7.36. The lowest BCUT2D eigenvalue weighted by Gasteiger charge is -2.12. The van der Waals surface area contributed by atoms with Crippen LogP contribution in [0.15, 0.2) is 47.5 Å². The maximum absolute atomic E-state index is 12.6. The zero-order valence-electron chi connectivity index (χ0n) is 18.5. The van der Waals surface area contributed by atoms with Crippen LogP contribution in [0.5, 0.6) is 0 Å². The van der Waals surface area contributed by atoms with E-state index in [9.17, 15) is 14.4 Å². The summed E-state index contributed by atoms with van der Waals surface area (Å²) >= 11 is 11.8. The van der Waals surface area contributed by atoms with Crippen LogP contribution in [0, 0.1) is 13.8 Å². The third kappa shape index (κ3) is 6.93. The summed E-state index contributed by atoms with van der Waals surface area (Å²) < 4.78 is 1.18. The maximum Gasteiger partial charge on any atom is 0.333 e. The highest BCUT2D eigenvalue weighted by Gasteiger charge is 2.10. The van der Waals surface area contributed by atoms with E-state index in [1.54, 1.807) is 18.2 Å². The van der Waals surface area contributed by atoms with Crippen LogP contribution in [0.2, 0.25) is 10.0 Å². The molecule has 0 saturated carbocycles. The highest BCUT2D eigenvalue weighted by atomic mass is 35.5. The molecule has 3 amide bonds. The van der Waals surface area contributed by atoms with Gasteiger partial charge in [0.05, 0.1) is 10.0 Å². The first kappa shape index (κ1) is 25.0. The smallest absolute Gasteiger partial charge is 0.333 e. The summed E-state index contributed by atoms with van der Waals surface area (Å²) in [6, 6.07) is 8.16. The number of nitrogens with zero attached hydrogens (tertiary/aromatic N) is 3. The largest absolute Gasteiger partial charge is 0.350 e. The van der Waals surface area contributed by atoms with Gasteiger partial charge >= 0.3 is 6.03 Å². The van der Waals surface area contributed by atoms with Crippen molar-refractivity contribution in [1.82, 2.24) is 30.6 Å². The first-order valence-corrected chi connectivity index (χ1v) is 11.0. The maximum atomic E-state index is 12.6. The molecule has 1 aromatic carbocycles. The molecule has 0 atom stereocenters. The lowest BCUT2D eigenvalue weighted by Crippen LogP contribution is -2.41. The zero-order chi connectivity index (χ0) is 24.7. The van der Waals surface area contributed by atoms with Crippen molar-refractivity contribution in [2.45, 2.75) is 33.5 Å². The first-order chi connectivity index (χ1) is 16.2. The monoisotopic (exact) mass is 503 g/mol. The predicted molar refractivity (Wildman–Crippen MR) is 130 cm³/mol. The number of urea groups is 1. The summed E-state index contributed by atoms with van der Waals surface area (Å²) in [6.07, 6.45) is 2.73. The molecule has 0 aliphatic carbocycles. The summed E-state index contributed by atoms with van der Waals surface area (Å²) in [5.41, 5.74) is 7.58. The number of benzene rings is 1. The van der Waals surface area contributed by atoms with Gasteiger partial charge in [-0.15, -0.1) is 0 Å². The average molecular weight is 504 g/mol. The molecule has 0 spiro atoms. The Hall–Kier alpha value is -3.63. The summed E-state index contributed by atoms with van der Waals surface area (Å²) in [7, 11) is 0. The highest BCUT2D eigenvalue weighted by Crippen LogP contribution is 2.22. The molecule has 34 heavy (non-hydrogen) atoms. The third-order valence-electron chi connectivity index (χ3n) is 4.77. The van der Waals surface area contributed by atoms with Crippen LogP contribution in [-0.2, 0) is 24.4 Å². The Morgan fingerprint density at radius 3 is 2.56 bits per heavy atom. The number of pyridine rings is 1. The van der Waals surface area contributed by atoms with Crippen LogP contribution in [0.25, 0.3) is 0 Å². The second kappa shape index (κ2) is 11.5. The van der Waals surface area contributed by atoms with Crippen LogP contribution in [0.4, 0.5) is 10.6 Å². The molecule has 0 aliphatic heterocycles. The van der Waals surface area contributed by atoms with Crippen molar-refractivity contribution in [1.29, 1.82) is 0 Å². The Balaban J connectivity index is 1.51. The molecule has 0 saturated heterocycles. The van der Waals surface area contributed by atoms with E-state index in [4.69, 9.17) is 23.2 Å². The summed E-state index contributed by atoms with van der Waals surface area (Å²) in [5.74, 6) is -0.495. The molecule has 0 radical (unpaired) electrons. The van der Waals surface area contributed by atoms with Crippen molar-refractivity contribution < 1.29 is 9.59 Å². The van der Waals surface area contributed by atoms with Crippen LogP contribution < -0.4 is 27.0 Å². The quantitative estimate of drug-likeness (QED) is 0.349. The van der Waals surface area contributed by atoms with Crippen molar-refractivity contribution in [3.05, 3.63) is 85.6 Å². The van der Waals surface area contributed by atoms with Gasteiger partial charge in [0.25, 0.3) is 5.56 Å². The summed E-state index contributed by atoms with van der Waals surface area (Å²) in [4.78, 5) is 45.2. The summed E-state index contributed by atoms with van der Waals surface area (Å²) in [6.45, 7) is 4.03. The van der Waals surface area contributed by atoms with Gasteiger partial charge in [-0.2, -0.15) is 0 Å². The number of anilines is 1. The number of rotatable bonds is 8. The number of hydrazine groups is 1. The van der Waals surface area contributed by atoms with E-state index in [1.807, 2.05) is 26.0 Å². The van der Waals surface area contributed by atoms with E-state index in [0.717, 1.165) is 22.5 Å². The van der Waals surface area contributed by atoms with Gasteiger partial charge in [-0.1, -0.05) is 35.3 Å². The first-order valence-electron chi connectivity index (χ1n) is 10.2. The number of nitrogens with one attached hydrogen (secondary N) is 4. The minimum atomic E-state index is -0.595. The number of amides is 3. The second-order valence-corrected chi connectivity index (χ2v) is 8.18. The number of carbonyl (C=O) groups excluding carboxylic acids is 2. The third-order valence-corrected chi connectivity index (χ3v) is 5.51. The number of carbonyl (C=O) groups is 2. The lowest BCUT2D eigenvalue weighted by atomic mass is 10.2. The topological polar surface area (TPSA) is 130 Å². The van der Waals surface area contributed by atoms with Crippen molar-refractivity contribution in [2.75, 3.05) is 5.43 Å². The Bertz CT molecular complexity index is 1260. The number of hydrogen-bond donors (Lipinski definition) is 4. The Morgan fingerprint density at radius 1 is 1.03 bits per heavy atom. The Morgan fingerprint density at radius 2 is 1.82 bits per heavy atom. The van der Waals surface area contributed by atoms with Gasteiger partial charge in [0, 0.05) is 36.9 Å². The van der Waals surface area contributed by atoms with Crippen molar-refractivity contribution in [2.24, 2.45) is 0 Å². The molecule has 0 bridgehead atoms. The van der Waals surface area contributed by atoms with Crippen LogP contribution in [0.3, 0.4) is 0 Å². The Labute approximate surface area is 205 Å². The van der Waals surface area contributed by atoms with Gasteiger partial charge in [-0.3, -0.25) is 25.4 Å². The molecule has 2 heterocycles. The van der Waals surface area contributed by atoms with E-state index in [2.05, 4.69) is 31.5 Å². The van der Waals surface area contributed by atoms with E-state index < -0.39 is 11.6 Å². The van der Waals surface area contributed by atoms with E-state index in [-0.39, 0.29) is 24.8 Å². The molecule has 2 aromatic heterocycles. The van der Waals surface area contributed by atoms with Gasteiger partial charge < -0.3 is 15.2 Å². The van der Waals surface area contributed by atoms with Gasteiger partial charge in [-0.25, -0.2) is 9.78 Å².